The van der Waals surface area contributed by atoms with Gasteiger partial charge in [0.2, 0.25) is 11.8 Å². The third-order valence-electron chi connectivity index (χ3n) is 9.80. The summed E-state index contributed by atoms with van der Waals surface area (Å²) in [5.74, 6) is -3.16. The van der Waals surface area contributed by atoms with Crippen molar-refractivity contribution in [2.24, 2.45) is 11.8 Å². The highest BCUT2D eigenvalue weighted by molar-refractivity contribution is 6.39. The maximum absolute atomic E-state index is 15.9. The summed E-state index contributed by atoms with van der Waals surface area (Å²) in [4.78, 5) is 47.1. The molecule has 5 aromatic carbocycles. The number of ketones is 1. The summed E-state index contributed by atoms with van der Waals surface area (Å²) < 4.78 is 0. The average Bonchev–Trinajstić information content (AvgIpc) is 3.58. The van der Waals surface area contributed by atoms with Crippen LogP contribution in [0, 0.1) is 11.8 Å². The summed E-state index contributed by atoms with van der Waals surface area (Å²) >= 11 is 19.0. The molecule has 1 saturated carbocycles. The van der Waals surface area contributed by atoms with Gasteiger partial charge in [0.05, 0.1) is 28.4 Å². The number of Topliss-reactive ketones (excluding diaryl/α,β-unsaturated/α-hetero) is 1. The van der Waals surface area contributed by atoms with E-state index in [1.54, 1.807) is 48.5 Å². The van der Waals surface area contributed by atoms with Crippen molar-refractivity contribution in [1.82, 2.24) is 0 Å². The molecule has 1 heterocycles. The standard InChI is InChI=1S/C39H24Cl3NO3/c40-27-15-11-25(12-16-27)38-31(23-7-3-1-4-8-23)32(24-9-5-2-6-10-24)39(37(38)46,26-13-17-28(41)18-14-26)34-33(38)35(44)43(36(34)45)30-21-19-29(42)20-22-30/h1-22,33-34H/t33-,34-,38-,39-/m0/s1. The van der Waals surface area contributed by atoms with Crippen molar-refractivity contribution in [3.8, 4) is 0 Å². The second kappa shape index (κ2) is 10.5. The molecule has 3 aliphatic rings. The lowest BCUT2D eigenvalue weighted by Gasteiger charge is -2.39. The second-order valence-corrected chi connectivity index (χ2v) is 13.2. The number of amides is 2. The number of hydrogen-bond acceptors (Lipinski definition) is 3. The van der Waals surface area contributed by atoms with Crippen molar-refractivity contribution in [1.29, 1.82) is 0 Å². The Bertz CT molecular complexity index is 1950. The zero-order valence-corrected chi connectivity index (χ0v) is 26.4. The van der Waals surface area contributed by atoms with E-state index in [9.17, 15) is 9.59 Å². The predicted molar refractivity (Wildman–Crippen MR) is 182 cm³/mol. The number of anilines is 1. The molecule has 0 radical (unpaired) electrons. The van der Waals surface area contributed by atoms with Crippen LogP contribution in [0.5, 0.6) is 0 Å². The third-order valence-corrected chi connectivity index (χ3v) is 10.6. The van der Waals surface area contributed by atoms with Crippen LogP contribution in [0.4, 0.5) is 5.69 Å². The number of carbonyl (C=O) groups is 3. The summed E-state index contributed by atoms with van der Waals surface area (Å²) in [6, 6.07) is 40.2. The molecule has 0 aromatic heterocycles. The molecule has 0 spiro atoms. The summed E-state index contributed by atoms with van der Waals surface area (Å²) in [7, 11) is 0. The number of imide groups is 1. The fourth-order valence-electron chi connectivity index (χ4n) is 8.20. The number of halogens is 3. The van der Waals surface area contributed by atoms with Crippen molar-refractivity contribution in [2.75, 3.05) is 4.90 Å². The number of rotatable bonds is 5. The normalized spacial score (nSPS) is 25.0. The minimum atomic E-state index is -1.52. The highest BCUT2D eigenvalue weighted by atomic mass is 35.5. The Kier molecular flexibility index (Phi) is 6.63. The number of hydrogen-bond donors (Lipinski definition) is 0. The largest absolute Gasteiger partial charge is 0.297 e. The lowest BCUT2D eigenvalue weighted by molar-refractivity contribution is -0.130. The maximum atomic E-state index is 15.9. The SMILES string of the molecule is O=C1[C@@H]2[C@@H](C(=O)N1c1ccc(Cl)cc1)[C@@]1(c3ccc(Cl)cc3)C(=O)[C@@]2(c2ccc(Cl)cc2)C(c2ccccc2)=C1c1ccccc1. The molecular weight excluding hydrogens is 637 g/mol. The average molecular weight is 661 g/mol. The van der Waals surface area contributed by atoms with Crippen molar-refractivity contribution in [3.05, 3.63) is 171 Å². The van der Waals surface area contributed by atoms with Crippen LogP contribution in [0.25, 0.3) is 11.1 Å². The molecule has 1 aliphatic heterocycles. The second-order valence-electron chi connectivity index (χ2n) is 11.9. The molecule has 8 rings (SSSR count). The van der Waals surface area contributed by atoms with Gasteiger partial charge in [-0.3, -0.25) is 14.4 Å². The summed E-state index contributed by atoms with van der Waals surface area (Å²) in [6.45, 7) is 0. The Morgan fingerprint density at radius 3 is 1.17 bits per heavy atom. The molecule has 7 heteroatoms. The van der Waals surface area contributed by atoms with Crippen LogP contribution in [-0.2, 0) is 25.2 Å². The first-order valence-corrected chi connectivity index (χ1v) is 16.0. The molecule has 2 aliphatic carbocycles. The minimum absolute atomic E-state index is 0.213. The van der Waals surface area contributed by atoms with Crippen LogP contribution in [-0.4, -0.2) is 17.6 Å². The Morgan fingerprint density at radius 1 is 0.457 bits per heavy atom. The van der Waals surface area contributed by atoms with Crippen molar-refractivity contribution >= 4 is 69.2 Å². The molecule has 224 valence electrons. The van der Waals surface area contributed by atoms with Crippen LogP contribution in [0.1, 0.15) is 22.3 Å². The van der Waals surface area contributed by atoms with E-state index in [1.165, 1.54) is 4.90 Å². The van der Waals surface area contributed by atoms with Gasteiger partial charge in [0, 0.05) is 15.1 Å². The number of allylic oxidation sites excluding steroid dienone is 2. The molecule has 0 N–H and O–H groups in total. The van der Waals surface area contributed by atoms with E-state index in [0.29, 0.717) is 43.0 Å². The molecule has 2 bridgehead atoms. The Hall–Kier alpha value is -4.48. The summed E-state index contributed by atoms with van der Waals surface area (Å²) in [6.07, 6.45) is 0. The molecule has 0 unspecified atom stereocenters. The summed E-state index contributed by atoms with van der Waals surface area (Å²) in [5.41, 5.74) is 1.59. The van der Waals surface area contributed by atoms with Crippen LogP contribution in [0.2, 0.25) is 15.1 Å². The van der Waals surface area contributed by atoms with Crippen molar-refractivity contribution in [2.45, 2.75) is 10.8 Å². The third kappa shape index (κ3) is 3.72. The Morgan fingerprint density at radius 2 is 0.804 bits per heavy atom. The zero-order valence-electron chi connectivity index (χ0n) is 24.2. The van der Waals surface area contributed by atoms with E-state index >= 15 is 4.79 Å². The maximum Gasteiger partial charge on any atom is 0.239 e. The van der Waals surface area contributed by atoms with Crippen molar-refractivity contribution < 1.29 is 14.4 Å². The first-order chi connectivity index (χ1) is 22.3. The van der Waals surface area contributed by atoms with Gasteiger partial charge >= 0.3 is 0 Å². The molecule has 2 fully saturated rings. The van der Waals surface area contributed by atoms with Crippen LogP contribution >= 0.6 is 34.8 Å². The number of carbonyl (C=O) groups excluding carboxylic acids is 3. The van der Waals surface area contributed by atoms with E-state index in [0.717, 1.165) is 11.1 Å². The van der Waals surface area contributed by atoms with E-state index in [4.69, 9.17) is 34.8 Å². The molecular formula is C39H24Cl3NO3. The van der Waals surface area contributed by atoms with E-state index in [-0.39, 0.29) is 5.78 Å². The van der Waals surface area contributed by atoms with Gasteiger partial charge in [-0.25, -0.2) is 4.90 Å². The molecule has 2 amide bonds. The predicted octanol–water partition coefficient (Wildman–Crippen LogP) is 8.84. The fraction of sp³-hybridized carbons (Fsp3) is 0.103. The molecule has 5 aromatic rings. The Balaban J connectivity index is 1.56. The minimum Gasteiger partial charge on any atom is -0.297 e. The van der Waals surface area contributed by atoms with Gasteiger partial charge in [0.25, 0.3) is 0 Å². The van der Waals surface area contributed by atoms with Gasteiger partial charge in [0.1, 0.15) is 0 Å². The monoisotopic (exact) mass is 659 g/mol. The van der Waals surface area contributed by atoms with Gasteiger partial charge in [-0.05, 0) is 81.9 Å². The van der Waals surface area contributed by atoms with E-state index < -0.39 is 34.5 Å². The lowest BCUT2D eigenvalue weighted by Crippen LogP contribution is -2.45. The topological polar surface area (TPSA) is 54.5 Å². The molecule has 4 nitrogen and oxygen atoms in total. The van der Waals surface area contributed by atoms with Gasteiger partial charge in [-0.1, -0.05) is 120 Å². The van der Waals surface area contributed by atoms with Crippen molar-refractivity contribution in [3.63, 3.8) is 0 Å². The van der Waals surface area contributed by atoms with Gasteiger partial charge < -0.3 is 0 Å². The first kappa shape index (κ1) is 29.0. The summed E-state index contributed by atoms with van der Waals surface area (Å²) in [5, 5.41) is 1.47. The number of nitrogens with zero attached hydrogens (tertiary/aromatic N) is 1. The Labute approximate surface area is 280 Å². The van der Waals surface area contributed by atoms with Crippen LogP contribution < -0.4 is 4.90 Å². The lowest BCUT2D eigenvalue weighted by atomic mass is 9.59. The van der Waals surface area contributed by atoms with E-state index in [1.807, 2.05) is 84.9 Å². The highest BCUT2D eigenvalue weighted by Crippen LogP contribution is 2.74. The smallest absolute Gasteiger partial charge is 0.239 e. The molecule has 4 atom stereocenters. The van der Waals surface area contributed by atoms with Gasteiger partial charge in [0.15, 0.2) is 5.78 Å². The van der Waals surface area contributed by atoms with Crippen LogP contribution in [0.3, 0.4) is 0 Å². The highest BCUT2D eigenvalue weighted by Gasteiger charge is 2.82. The fourth-order valence-corrected chi connectivity index (χ4v) is 8.58. The van der Waals surface area contributed by atoms with Gasteiger partial charge in [-0.15, -0.1) is 0 Å². The number of benzene rings is 5. The zero-order chi connectivity index (χ0) is 31.8. The quantitative estimate of drug-likeness (QED) is 0.177. The molecule has 1 saturated heterocycles. The van der Waals surface area contributed by atoms with Gasteiger partial charge in [-0.2, -0.15) is 0 Å². The number of fused-ring (bicyclic) bond motifs is 5. The van der Waals surface area contributed by atoms with E-state index in [2.05, 4.69) is 0 Å². The molecule has 46 heavy (non-hydrogen) atoms. The first-order valence-electron chi connectivity index (χ1n) is 14.9. The van der Waals surface area contributed by atoms with Crippen LogP contribution in [0.15, 0.2) is 133 Å².